The van der Waals surface area contributed by atoms with Gasteiger partial charge < -0.3 is 10.1 Å². The van der Waals surface area contributed by atoms with Crippen molar-refractivity contribution in [1.82, 2.24) is 14.6 Å². The molecule has 4 rings (SSSR count). The number of rotatable bonds is 6. The van der Waals surface area contributed by atoms with Crippen molar-refractivity contribution in [2.45, 2.75) is 11.4 Å². The van der Waals surface area contributed by atoms with E-state index in [1.807, 2.05) is 36.4 Å². The van der Waals surface area contributed by atoms with E-state index in [0.717, 1.165) is 22.6 Å². The summed E-state index contributed by atoms with van der Waals surface area (Å²) in [6.45, 7) is 0.474. The van der Waals surface area contributed by atoms with Crippen LogP contribution in [0.15, 0.2) is 71.8 Å². The number of anilines is 1. The second-order valence-corrected chi connectivity index (χ2v) is 7.94. The molecule has 4 aromatic rings. The minimum Gasteiger partial charge on any atom is -0.496 e. The lowest BCUT2D eigenvalue weighted by atomic mass is 10.1. The Morgan fingerprint density at radius 3 is 2.55 bits per heavy atom. The molecule has 29 heavy (non-hydrogen) atoms. The molecule has 8 nitrogen and oxygen atoms in total. The maximum Gasteiger partial charge on any atom is 0.238 e. The number of nitrogens with one attached hydrogen (secondary N) is 1. The number of primary sulfonamides is 1. The van der Waals surface area contributed by atoms with Crippen molar-refractivity contribution in [1.29, 1.82) is 0 Å². The fourth-order valence-electron chi connectivity index (χ4n) is 3.00. The Labute approximate surface area is 168 Å². The van der Waals surface area contributed by atoms with Crippen LogP contribution < -0.4 is 15.2 Å². The van der Waals surface area contributed by atoms with Gasteiger partial charge in [0.05, 0.1) is 23.9 Å². The molecular weight excluding hydrogens is 390 g/mol. The van der Waals surface area contributed by atoms with Gasteiger partial charge in [-0.25, -0.2) is 23.1 Å². The van der Waals surface area contributed by atoms with Crippen molar-refractivity contribution < 1.29 is 13.2 Å². The first-order valence-electron chi connectivity index (χ1n) is 8.79. The van der Waals surface area contributed by atoms with E-state index in [1.165, 1.54) is 12.1 Å². The zero-order chi connectivity index (χ0) is 20.4. The van der Waals surface area contributed by atoms with Crippen LogP contribution in [-0.4, -0.2) is 30.1 Å². The largest absolute Gasteiger partial charge is 0.496 e. The van der Waals surface area contributed by atoms with Gasteiger partial charge in [-0.05, 0) is 42.0 Å². The van der Waals surface area contributed by atoms with E-state index in [4.69, 9.17) is 9.88 Å². The van der Waals surface area contributed by atoms with Crippen molar-refractivity contribution in [3.8, 4) is 17.0 Å². The highest BCUT2D eigenvalue weighted by atomic mass is 32.2. The number of aromatic nitrogens is 3. The predicted octanol–water partition coefficient (Wildman–Crippen LogP) is 2.66. The number of methoxy groups -OCH3 is 1. The molecule has 2 heterocycles. The van der Waals surface area contributed by atoms with E-state index in [2.05, 4.69) is 15.4 Å². The smallest absolute Gasteiger partial charge is 0.238 e. The number of fused-ring (bicyclic) bond motifs is 1. The zero-order valence-electron chi connectivity index (χ0n) is 15.6. The number of benzene rings is 2. The predicted molar refractivity (Wildman–Crippen MR) is 110 cm³/mol. The lowest BCUT2D eigenvalue weighted by molar-refractivity contribution is 0.416. The highest BCUT2D eigenvalue weighted by Crippen LogP contribution is 2.29. The van der Waals surface area contributed by atoms with Crippen LogP contribution in [0.25, 0.3) is 16.9 Å². The summed E-state index contributed by atoms with van der Waals surface area (Å²) >= 11 is 0. The van der Waals surface area contributed by atoms with Crippen LogP contribution >= 0.6 is 0 Å². The van der Waals surface area contributed by atoms with Crippen molar-refractivity contribution in [3.63, 3.8) is 0 Å². The van der Waals surface area contributed by atoms with Crippen LogP contribution in [0, 0.1) is 0 Å². The third-order valence-electron chi connectivity index (χ3n) is 4.47. The summed E-state index contributed by atoms with van der Waals surface area (Å²) in [6.07, 6.45) is 1.76. The van der Waals surface area contributed by atoms with Crippen molar-refractivity contribution in [2.75, 3.05) is 12.4 Å². The number of nitrogens with two attached hydrogens (primary N) is 1. The van der Waals surface area contributed by atoms with Gasteiger partial charge in [0, 0.05) is 12.1 Å². The molecule has 0 fully saturated rings. The molecule has 3 N–H and O–H groups in total. The average Bonchev–Trinajstić information content (AvgIpc) is 3.15. The minimum absolute atomic E-state index is 0.0839. The number of imidazole rings is 1. The monoisotopic (exact) mass is 409 g/mol. The van der Waals surface area contributed by atoms with Gasteiger partial charge in [-0.3, -0.25) is 0 Å². The van der Waals surface area contributed by atoms with Crippen LogP contribution in [0.3, 0.4) is 0 Å². The van der Waals surface area contributed by atoms with Gasteiger partial charge in [0.2, 0.25) is 10.0 Å². The summed E-state index contributed by atoms with van der Waals surface area (Å²) < 4.78 is 29.9. The van der Waals surface area contributed by atoms with E-state index >= 15 is 0 Å². The van der Waals surface area contributed by atoms with Gasteiger partial charge in [-0.2, -0.15) is 0 Å². The summed E-state index contributed by atoms with van der Waals surface area (Å²) in [5, 5.41) is 13.0. The Bertz CT molecular complexity index is 1270. The van der Waals surface area contributed by atoms with E-state index in [1.54, 1.807) is 30.0 Å². The second kappa shape index (κ2) is 7.53. The molecule has 0 atom stereocenters. The number of nitrogens with zero attached hydrogens (tertiary/aromatic N) is 3. The van der Waals surface area contributed by atoms with Gasteiger partial charge in [-0.15, -0.1) is 5.10 Å². The molecule has 2 aromatic heterocycles. The van der Waals surface area contributed by atoms with Crippen molar-refractivity contribution >= 4 is 21.5 Å². The summed E-state index contributed by atoms with van der Waals surface area (Å²) in [5.74, 6) is 1.39. The van der Waals surface area contributed by atoms with Gasteiger partial charge >= 0.3 is 0 Å². The van der Waals surface area contributed by atoms with Gasteiger partial charge in [0.1, 0.15) is 11.6 Å². The molecule has 0 saturated heterocycles. The van der Waals surface area contributed by atoms with Crippen LogP contribution in [0.2, 0.25) is 0 Å². The summed E-state index contributed by atoms with van der Waals surface area (Å²) in [7, 11) is -2.07. The Kier molecular flexibility index (Phi) is 4.91. The Balaban J connectivity index is 1.59. The third kappa shape index (κ3) is 3.91. The molecule has 2 aromatic carbocycles. The molecule has 0 unspecified atom stereocenters. The molecule has 0 bridgehead atoms. The number of sulfonamides is 1. The maximum atomic E-state index is 11.4. The van der Waals surface area contributed by atoms with Crippen LogP contribution in [0.1, 0.15) is 5.56 Å². The molecule has 0 spiro atoms. The molecule has 0 saturated carbocycles. The van der Waals surface area contributed by atoms with E-state index in [0.29, 0.717) is 18.0 Å². The molecule has 9 heteroatoms. The van der Waals surface area contributed by atoms with E-state index in [9.17, 15) is 8.42 Å². The van der Waals surface area contributed by atoms with Crippen molar-refractivity contribution in [3.05, 3.63) is 72.4 Å². The fraction of sp³-hybridized carbons (Fsp3) is 0.100. The summed E-state index contributed by atoms with van der Waals surface area (Å²) in [6, 6.07) is 17.8. The van der Waals surface area contributed by atoms with Gasteiger partial charge in [0.25, 0.3) is 0 Å². The van der Waals surface area contributed by atoms with Gasteiger partial charge in [0.15, 0.2) is 5.65 Å². The van der Waals surface area contributed by atoms with Gasteiger partial charge in [-0.1, -0.05) is 24.3 Å². The highest BCUT2D eigenvalue weighted by Gasteiger charge is 2.12. The second-order valence-electron chi connectivity index (χ2n) is 6.37. The molecular formula is C20H19N5O3S. The molecule has 0 aliphatic heterocycles. The molecule has 0 amide bonds. The topological polar surface area (TPSA) is 112 Å². The quantitative estimate of drug-likeness (QED) is 0.506. The molecule has 148 valence electrons. The minimum atomic E-state index is -3.69. The molecule has 0 aliphatic carbocycles. The Morgan fingerprint density at radius 2 is 1.83 bits per heavy atom. The fourth-order valence-corrected chi connectivity index (χ4v) is 3.51. The van der Waals surface area contributed by atoms with E-state index in [-0.39, 0.29) is 4.90 Å². The zero-order valence-corrected chi connectivity index (χ0v) is 16.4. The Hall–Kier alpha value is -3.43. The first-order chi connectivity index (χ1) is 14.0. The summed E-state index contributed by atoms with van der Waals surface area (Å²) in [4.78, 5) is 4.49. The SMILES string of the molecule is COc1ccccc1-c1cnc2ccc(NCc3ccc(S(N)(=O)=O)cc3)nn12. The van der Waals surface area contributed by atoms with Crippen LogP contribution in [0.4, 0.5) is 5.82 Å². The lowest BCUT2D eigenvalue weighted by Gasteiger charge is -2.09. The number of hydrogen-bond donors (Lipinski definition) is 2. The Morgan fingerprint density at radius 1 is 1.07 bits per heavy atom. The standard InChI is InChI=1S/C20H19N5O3S/c1-28-18-5-3-2-4-16(18)17-13-23-20-11-10-19(24-25(17)20)22-12-14-6-8-15(9-7-14)29(21,26)27/h2-11,13H,12H2,1H3,(H,22,24)(H2,21,26,27). The normalized spacial score (nSPS) is 11.5. The number of para-hydroxylation sites is 1. The van der Waals surface area contributed by atoms with E-state index < -0.39 is 10.0 Å². The van der Waals surface area contributed by atoms with Crippen molar-refractivity contribution in [2.24, 2.45) is 5.14 Å². The lowest BCUT2D eigenvalue weighted by Crippen LogP contribution is -2.12. The highest BCUT2D eigenvalue weighted by molar-refractivity contribution is 7.89. The first-order valence-corrected chi connectivity index (χ1v) is 10.3. The maximum absolute atomic E-state index is 11.4. The number of hydrogen-bond acceptors (Lipinski definition) is 6. The summed E-state index contributed by atoms with van der Waals surface area (Å²) in [5.41, 5.74) is 3.33. The van der Waals surface area contributed by atoms with Crippen LogP contribution in [0.5, 0.6) is 5.75 Å². The average molecular weight is 409 g/mol. The third-order valence-corrected chi connectivity index (χ3v) is 5.40. The first kappa shape index (κ1) is 18.9. The van der Waals surface area contributed by atoms with Crippen LogP contribution in [-0.2, 0) is 16.6 Å². The molecule has 0 radical (unpaired) electrons. The molecule has 0 aliphatic rings. The number of ether oxygens (including phenoxy) is 1.